The molecular weight excluding hydrogens is 472 g/mol. The van der Waals surface area contributed by atoms with Gasteiger partial charge in [-0.15, -0.1) is 0 Å². The number of amides is 1. The predicted octanol–water partition coefficient (Wildman–Crippen LogP) is 1.25. The maximum atomic E-state index is 12.6. The van der Waals surface area contributed by atoms with Crippen molar-refractivity contribution in [2.45, 2.75) is 78.4 Å². The number of unbranched alkanes of at least 4 members (excludes halogenated alkanes) is 1. The van der Waals surface area contributed by atoms with Gasteiger partial charge in [-0.2, -0.15) is 4.98 Å². The third-order valence-corrected chi connectivity index (χ3v) is 5.51. The number of aromatic amines is 1. The van der Waals surface area contributed by atoms with Crippen LogP contribution in [0, 0.1) is 5.92 Å². The zero-order valence-electron chi connectivity index (χ0n) is 21.2. The first kappa shape index (κ1) is 27.1. The fourth-order valence-corrected chi connectivity index (χ4v) is 3.90. The van der Waals surface area contributed by atoms with Crippen molar-refractivity contribution >= 4 is 35.0 Å². The zero-order chi connectivity index (χ0) is 26.4. The number of carbonyl (C=O) groups excluding carboxylic acids is 3. The Hall–Kier alpha value is -3.48. The van der Waals surface area contributed by atoms with Crippen LogP contribution in [0.15, 0.2) is 11.1 Å². The van der Waals surface area contributed by atoms with Crippen LogP contribution in [0.1, 0.15) is 60.1 Å². The summed E-state index contributed by atoms with van der Waals surface area (Å²) in [5.41, 5.74) is -0.225. The van der Waals surface area contributed by atoms with Crippen molar-refractivity contribution in [3.8, 4) is 0 Å². The smallest absolute Gasteiger partial charge is 0.303 e. The Morgan fingerprint density at radius 1 is 1.19 bits per heavy atom. The molecule has 4 atom stereocenters. The van der Waals surface area contributed by atoms with Crippen LogP contribution in [-0.4, -0.2) is 68.8 Å². The molecule has 3 rings (SSSR count). The van der Waals surface area contributed by atoms with E-state index in [1.807, 2.05) is 20.8 Å². The normalized spacial score (nSPS) is 21.5. The van der Waals surface area contributed by atoms with Crippen LogP contribution >= 0.6 is 0 Å². The monoisotopic (exact) mass is 506 g/mol. The summed E-state index contributed by atoms with van der Waals surface area (Å²) in [5.74, 6) is -1.00. The number of hydrogen-bond donors (Lipinski definition) is 3. The first-order valence-electron chi connectivity index (χ1n) is 12.1. The summed E-state index contributed by atoms with van der Waals surface area (Å²) in [6.07, 6.45) is -1.19. The van der Waals surface area contributed by atoms with Crippen molar-refractivity contribution in [1.29, 1.82) is 0 Å². The minimum Gasteiger partial charge on any atom is -0.456 e. The van der Waals surface area contributed by atoms with Gasteiger partial charge in [-0.05, 0) is 12.3 Å². The predicted molar refractivity (Wildman–Crippen MR) is 129 cm³/mol. The molecule has 0 aliphatic carbocycles. The second-order valence-electron chi connectivity index (χ2n) is 9.13. The van der Waals surface area contributed by atoms with E-state index in [1.54, 1.807) is 0 Å². The largest absolute Gasteiger partial charge is 0.456 e. The summed E-state index contributed by atoms with van der Waals surface area (Å²) in [6.45, 7) is 9.54. The lowest BCUT2D eigenvalue weighted by Crippen LogP contribution is -2.40. The fourth-order valence-electron chi connectivity index (χ4n) is 3.90. The Morgan fingerprint density at radius 2 is 1.89 bits per heavy atom. The van der Waals surface area contributed by atoms with Crippen LogP contribution < -0.4 is 16.2 Å². The molecule has 1 amide bonds. The molecule has 3 heterocycles. The van der Waals surface area contributed by atoms with Crippen LogP contribution in [0.2, 0.25) is 0 Å². The van der Waals surface area contributed by atoms with Gasteiger partial charge >= 0.3 is 11.9 Å². The summed E-state index contributed by atoms with van der Waals surface area (Å²) >= 11 is 0. The maximum Gasteiger partial charge on any atom is 0.303 e. The van der Waals surface area contributed by atoms with Gasteiger partial charge < -0.3 is 24.8 Å². The zero-order valence-corrected chi connectivity index (χ0v) is 21.2. The molecule has 0 unspecified atom stereocenters. The molecule has 198 valence electrons. The average molecular weight is 507 g/mol. The Labute approximate surface area is 208 Å². The van der Waals surface area contributed by atoms with Crippen LogP contribution in [0.25, 0.3) is 11.2 Å². The van der Waals surface area contributed by atoms with Gasteiger partial charge in [0.15, 0.2) is 29.6 Å². The first-order valence-corrected chi connectivity index (χ1v) is 12.1. The Kier molecular flexibility index (Phi) is 9.02. The molecule has 0 spiro atoms. The standard InChI is InChI=1S/C23H34N6O7/c1-6-7-8-24-16(32)9-15-18(34-13(4)30)19(35-14(5)31)22(36-15)29-11-26-17-20(29)27-23(28-21(17)33)25-10-12(2)3/h11-12,15,18-19,22H,6-10H2,1-5H3,(H,24,32)(H2,25,27,28,33)/t15-,18-,19-,22-/m1/s1. The molecule has 0 aromatic carbocycles. The van der Waals surface area contributed by atoms with Crippen LogP contribution in [0.4, 0.5) is 5.95 Å². The molecule has 2 aromatic heterocycles. The number of rotatable bonds is 11. The number of ether oxygens (including phenoxy) is 3. The Balaban J connectivity index is 1.98. The minimum atomic E-state index is -1.11. The topological polar surface area (TPSA) is 167 Å². The highest BCUT2D eigenvalue weighted by Gasteiger charge is 2.51. The molecule has 1 fully saturated rings. The fraction of sp³-hybridized carbons (Fsp3) is 0.652. The van der Waals surface area contributed by atoms with Crippen molar-refractivity contribution < 1.29 is 28.6 Å². The van der Waals surface area contributed by atoms with Gasteiger partial charge in [-0.3, -0.25) is 28.7 Å². The average Bonchev–Trinajstić information content (AvgIpc) is 3.34. The van der Waals surface area contributed by atoms with Gasteiger partial charge in [-0.1, -0.05) is 27.2 Å². The van der Waals surface area contributed by atoms with Crippen LogP contribution in [0.5, 0.6) is 0 Å². The third kappa shape index (κ3) is 6.59. The van der Waals surface area contributed by atoms with Gasteiger partial charge in [0.25, 0.3) is 5.56 Å². The van der Waals surface area contributed by atoms with E-state index in [9.17, 15) is 19.2 Å². The van der Waals surface area contributed by atoms with Crippen molar-refractivity contribution in [2.24, 2.45) is 5.92 Å². The van der Waals surface area contributed by atoms with E-state index in [0.29, 0.717) is 19.0 Å². The van der Waals surface area contributed by atoms with Gasteiger partial charge in [0, 0.05) is 26.9 Å². The van der Waals surface area contributed by atoms with Gasteiger partial charge in [0.1, 0.15) is 6.10 Å². The highest BCUT2D eigenvalue weighted by atomic mass is 16.6. The van der Waals surface area contributed by atoms with E-state index < -0.39 is 42.0 Å². The number of H-pyrrole nitrogens is 1. The molecular formula is C23H34N6O7. The van der Waals surface area contributed by atoms with E-state index in [-0.39, 0.29) is 29.4 Å². The second kappa shape index (κ2) is 12.0. The number of imidazole rings is 1. The summed E-state index contributed by atoms with van der Waals surface area (Å²) in [5, 5.41) is 5.87. The molecule has 1 saturated heterocycles. The number of nitrogens with zero attached hydrogens (tertiary/aromatic N) is 3. The number of anilines is 1. The summed E-state index contributed by atoms with van der Waals surface area (Å²) in [7, 11) is 0. The first-order chi connectivity index (χ1) is 17.1. The van der Waals surface area contributed by atoms with Crippen molar-refractivity contribution in [3.63, 3.8) is 0 Å². The molecule has 13 nitrogen and oxygen atoms in total. The second-order valence-corrected chi connectivity index (χ2v) is 9.13. The molecule has 0 saturated carbocycles. The number of nitrogens with one attached hydrogen (secondary N) is 3. The highest BCUT2D eigenvalue weighted by Crippen LogP contribution is 2.36. The van der Waals surface area contributed by atoms with E-state index in [0.717, 1.165) is 12.8 Å². The van der Waals surface area contributed by atoms with E-state index in [2.05, 4.69) is 25.6 Å². The Bertz CT molecular complexity index is 1140. The van der Waals surface area contributed by atoms with Gasteiger partial charge in [-0.25, -0.2) is 4.98 Å². The number of esters is 2. The minimum absolute atomic E-state index is 0.0556. The molecule has 2 aromatic rings. The van der Waals surface area contributed by atoms with Crippen molar-refractivity contribution in [1.82, 2.24) is 24.8 Å². The lowest BCUT2D eigenvalue weighted by atomic mass is 10.1. The number of hydrogen-bond acceptors (Lipinski definition) is 10. The summed E-state index contributed by atoms with van der Waals surface area (Å²) < 4.78 is 18.5. The van der Waals surface area contributed by atoms with E-state index in [1.165, 1.54) is 24.7 Å². The third-order valence-electron chi connectivity index (χ3n) is 5.51. The lowest BCUT2D eigenvalue weighted by molar-refractivity contribution is -0.165. The molecule has 1 aliphatic rings. The molecule has 13 heteroatoms. The highest BCUT2D eigenvalue weighted by molar-refractivity contribution is 5.77. The van der Waals surface area contributed by atoms with Gasteiger partial charge in [0.05, 0.1) is 12.7 Å². The van der Waals surface area contributed by atoms with Crippen LogP contribution in [0.3, 0.4) is 0 Å². The van der Waals surface area contributed by atoms with Crippen molar-refractivity contribution in [3.05, 3.63) is 16.7 Å². The van der Waals surface area contributed by atoms with Crippen LogP contribution in [-0.2, 0) is 28.6 Å². The SMILES string of the molecule is CCCCNC(=O)C[C@H]1O[C@@H](n2cnc3c(=O)[nH]c(NCC(C)C)nc32)[C@H](OC(C)=O)[C@@H]1OC(C)=O. The quantitative estimate of drug-likeness (QED) is 0.298. The lowest BCUT2D eigenvalue weighted by Gasteiger charge is -2.23. The summed E-state index contributed by atoms with van der Waals surface area (Å²) in [6, 6.07) is 0. The molecule has 36 heavy (non-hydrogen) atoms. The molecule has 3 N–H and O–H groups in total. The maximum absolute atomic E-state index is 12.6. The number of fused-ring (bicyclic) bond motifs is 1. The van der Waals surface area contributed by atoms with E-state index >= 15 is 0 Å². The number of aromatic nitrogens is 4. The molecule has 0 bridgehead atoms. The number of carbonyl (C=O) groups is 3. The van der Waals surface area contributed by atoms with Crippen molar-refractivity contribution in [2.75, 3.05) is 18.4 Å². The molecule has 1 aliphatic heterocycles. The van der Waals surface area contributed by atoms with E-state index in [4.69, 9.17) is 14.2 Å². The van der Waals surface area contributed by atoms with Gasteiger partial charge in [0.2, 0.25) is 11.9 Å². The Morgan fingerprint density at radius 3 is 2.53 bits per heavy atom. The molecule has 0 radical (unpaired) electrons. The summed E-state index contributed by atoms with van der Waals surface area (Å²) in [4.78, 5) is 60.3.